The number of hydrogen-bond donors (Lipinski definition) is 0. The topological polar surface area (TPSA) is 20.3 Å². The average molecular weight is 271 g/mol. The second-order valence-corrected chi connectivity index (χ2v) is 5.90. The van der Waals surface area contributed by atoms with Gasteiger partial charge in [0.15, 0.2) is 0 Å². The zero-order valence-electron chi connectivity index (χ0n) is 10.8. The van der Waals surface area contributed by atoms with Gasteiger partial charge < -0.3 is 4.90 Å². The molecule has 0 aliphatic carbocycles. The first-order valence-corrected chi connectivity index (χ1v) is 7.60. The smallest absolute Gasteiger partial charge is 0.263 e. The molecule has 0 atom stereocenters. The molecule has 0 saturated carbocycles. The molecule has 0 spiro atoms. The van der Waals surface area contributed by atoms with Crippen LogP contribution in [0.1, 0.15) is 34.0 Å². The van der Waals surface area contributed by atoms with Crippen LogP contribution in [0.25, 0.3) is 0 Å². The Morgan fingerprint density at radius 2 is 1.79 bits per heavy atom. The lowest BCUT2D eigenvalue weighted by molar-refractivity contribution is 0.0718. The first kappa shape index (κ1) is 12.4. The Kier molecular flexibility index (Phi) is 3.65. The number of carbonyl (C=O) groups excluding carboxylic acids is 1. The Hall–Kier alpha value is -1.61. The van der Waals surface area contributed by atoms with E-state index < -0.39 is 0 Å². The minimum Gasteiger partial charge on any atom is -0.338 e. The number of benzene rings is 1. The van der Waals surface area contributed by atoms with Crippen molar-refractivity contribution in [3.8, 4) is 0 Å². The number of amides is 1. The molecule has 0 unspecified atom stereocenters. The molecule has 1 aromatic carbocycles. The van der Waals surface area contributed by atoms with Gasteiger partial charge in [-0.3, -0.25) is 4.79 Å². The number of piperidine rings is 1. The summed E-state index contributed by atoms with van der Waals surface area (Å²) in [6.07, 6.45) is 2.14. The molecule has 1 aromatic heterocycles. The molecule has 2 aromatic rings. The van der Waals surface area contributed by atoms with E-state index in [9.17, 15) is 4.79 Å². The molecule has 1 amide bonds. The lowest BCUT2D eigenvalue weighted by Crippen LogP contribution is -2.37. The van der Waals surface area contributed by atoms with Crippen LogP contribution in [-0.4, -0.2) is 23.9 Å². The first-order valence-electron chi connectivity index (χ1n) is 6.72. The average Bonchev–Trinajstić information content (AvgIpc) is 3.02. The van der Waals surface area contributed by atoms with E-state index in [4.69, 9.17) is 0 Å². The fourth-order valence-electron chi connectivity index (χ4n) is 2.70. The van der Waals surface area contributed by atoms with Gasteiger partial charge in [-0.1, -0.05) is 36.4 Å². The highest BCUT2D eigenvalue weighted by Gasteiger charge is 2.24. The summed E-state index contributed by atoms with van der Waals surface area (Å²) in [6, 6.07) is 14.5. The SMILES string of the molecule is O=C(c1cccs1)N1CCC(c2ccccc2)CC1. The zero-order chi connectivity index (χ0) is 13.1. The lowest BCUT2D eigenvalue weighted by Gasteiger charge is -2.32. The molecular formula is C16H17NOS. The standard InChI is InChI=1S/C16H17NOS/c18-16(15-7-4-12-19-15)17-10-8-14(9-11-17)13-5-2-1-3-6-13/h1-7,12,14H,8-11H2. The normalized spacial score (nSPS) is 16.5. The minimum absolute atomic E-state index is 0.196. The Bertz CT molecular complexity index is 527. The van der Waals surface area contributed by atoms with Gasteiger partial charge in [0.2, 0.25) is 0 Å². The van der Waals surface area contributed by atoms with Crippen molar-refractivity contribution >= 4 is 17.2 Å². The van der Waals surface area contributed by atoms with E-state index in [-0.39, 0.29) is 5.91 Å². The quantitative estimate of drug-likeness (QED) is 0.814. The van der Waals surface area contributed by atoms with Crippen LogP contribution in [0, 0.1) is 0 Å². The molecule has 3 rings (SSSR count). The number of nitrogens with zero attached hydrogens (tertiary/aromatic N) is 1. The minimum atomic E-state index is 0.196. The van der Waals surface area contributed by atoms with Crippen molar-refractivity contribution in [2.75, 3.05) is 13.1 Å². The van der Waals surface area contributed by atoms with E-state index in [0.717, 1.165) is 30.8 Å². The second-order valence-electron chi connectivity index (χ2n) is 4.95. The van der Waals surface area contributed by atoms with Gasteiger partial charge in [-0.2, -0.15) is 0 Å². The third kappa shape index (κ3) is 2.71. The van der Waals surface area contributed by atoms with E-state index in [1.54, 1.807) is 0 Å². The fraction of sp³-hybridized carbons (Fsp3) is 0.312. The molecule has 1 fully saturated rings. The van der Waals surface area contributed by atoms with Gasteiger partial charge in [0, 0.05) is 13.1 Å². The summed E-state index contributed by atoms with van der Waals surface area (Å²) >= 11 is 1.53. The number of rotatable bonds is 2. The summed E-state index contributed by atoms with van der Waals surface area (Å²) in [7, 11) is 0. The van der Waals surface area contributed by atoms with E-state index in [1.807, 2.05) is 22.4 Å². The maximum absolute atomic E-state index is 12.2. The lowest BCUT2D eigenvalue weighted by atomic mass is 9.89. The molecule has 0 N–H and O–H groups in total. The molecule has 98 valence electrons. The highest BCUT2D eigenvalue weighted by atomic mass is 32.1. The number of hydrogen-bond acceptors (Lipinski definition) is 2. The van der Waals surface area contributed by atoms with Gasteiger partial charge in [-0.05, 0) is 35.8 Å². The number of thiophene rings is 1. The molecule has 1 saturated heterocycles. The van der Waals surface area contributed by atoms with Gasteiger partial charge in [-0.15, -0.1) is 11.3 Å². The Morgan fingerprint density at radius 1 is 1.05 bits per heavy atom. The van der Waals surface area contributed by atoms with Gasteiger partial charge in [0.1, 0.15) is 0 Å². The molecule has 0 radical (unpaired) electrons. The first-order chi connectivity index (χ1) is 9.34. The van der Waals surface area contributed by atoms with Crippen LogP contribution >= 0.6 is 11.3 Å². The molecule has 2 heterocycles. The van der Waals surface area contributed by atoms with E-state index in [2.05, 4.69) is 30.3 Å². The largest absolute Gasteiger partial charge is 0.338 e. The van der Waals surface area contributed by atoms with E-state index in [1.165, 1.54) is 16.9 Å². The Labute approximate surface area is 117 Å². The van der Waals surface area contributed by atoms with Crippen molar-refractivity contribution in [2.24, 2.45) is 0 Å². The van der Waals surface area contributed by atoms with Crippen LogP contribution in [0.2, 0.25) is 0 Å². The summed E-state index contributed by atoms with van der Waals surface area (Å²) < 4.78 is 0. The summed E-state index contributed by atoms with van der Waals surface area (Å²) in [4.78, 5) is 15.1. The van der Waals surface area contributed by atoms with Crippen LogP contribution in [0.4, 0.5) is 0 Å². The molecule has 0 bridgehead atoms. The molecule has 1 aliphatic heterocycles. The van der Waals surface area contributed by atoms with Crippen molar-refractivity contribution in [3.63, 3.8) is 0 Å². The highest BCUT2D eigenvalue weighted by Crippen LogP contribution is 2.28. The second kappa shape index (κ2) is 5.57. The summed E-state index contributed by atoms with van der Waals surface area (Å²) in [5, 5.41) is 1.96. The summed E-state index contributed by atoms with van der Waals surface area (Å²) in [5.74, 6) is 0.801. The van der Waals surface area contributed by atoms with Crippen LogP contribution in [0.5, 0.6) is 0 Å². The molecule has 19 heavy (non-hydrogen) atoms. The van der Waals surface area contributed by atoms with Gasteiger partial charge >= 0.3 is 0 Å². The van der Waals surface area contributed by atoms with Crippen molar-refractivity contribution in [1.29, 1.82) is 0 Å². The summed E-state index contributed by atoms with van der Waals surface area (Å²) in [5.41, 5.74) is 1.41. The van der Waals surface area contributed by atoms with E-state index in [0.29, 0.717) is 5.92 Å². The van der Waals surface area contributed by atoms with Crippen molar-refractivity contribution in [3.05, 3.63) is 58.3 Å². The van der Waals surface area contributed by atoms with E-state index >= 15 is 0 Å². The predicted molar refractivity (Wildman–Crippen MR) is 78.6 cm³/mol. The Balaban J connectivity index is 1.62. The van der Waals surface area contributed by atoms with Crippen molar-refractivity contribution in [1.82, 2.24) is 4.90 Å². The third-order valence-electron chi connectivity index (χ3n) is 3.79. The molecular weight excluding hydrogens is 254 g/mol. The van der Waals surface area contributed by atoms with Crippen LogP contribution < -0.4 is 0 Å². The molecule has 1 aliphatic rings. The molecule has 2 nitrogen and oxygen atoms in total. The number of carbonyl (C=O) groups is 1. The zero-order valence-corrected chi connectivity index (χ0v) is 11.6. The van der Waals surface area contributed by atoms with Gasteiger partial charge in [0.25, 0.3) is 5.91 Å². The molecule has 3 heteroatoms. The highest BCUT2D eigenvalue weighted by molar-refractivity contribution is 7.12. The fourth-order valence-corrected chi connectivity index (χ4v) is 3.39. The maximum atomic E-state index is 12.2. The van der Waals surface area contributed by atoms with Crippen LogP contribution in [0.3, 0.4) is 0 Å². The maximum Gasteiger partial charge on any atom is 0.263 e. The van der Waals surface area contributed by atoms with Gasteiger partial charge in [0.05, 0.1) is 4.88 Å². The summed E-state index contributed by atoms with van der Waals surface area (Å²) in [6.45, 7) is 1.74. The number of likely N-dealkylation sites (tertiary alicyclic amines) is 1. The van der Waals surface area contributed by atoms with Crippen LogP contribution in [-0.2, 0) is 0 Å². The van der Waals surface area contributed by atoms with Gasteiger partial charge in [-0.25, -0.2) is 0 Å². The predicted octanol–water partition coefficient (Wildman–Crippen LogP) is 3.77. The Morgan fingerprint density at radius 3 is 2.42 bits per heavy atom. The monoisotopic (exact) mass is 271 g/mol. The van der Waals surface area contributed by atoms with Crippen molar-refractivity contribution < 1.29 is 4.79 Å². The van der Waals surface area contributed by atoms with Crippen LogP contribution in [0.15, 0.2) is 47.8 Å². The third-order valence-corrected chi connectivity index (χ3v) is 4.64. The van der Waals surface area contributed by atoms with Crippen molar-refractivity contribution in [2.45, 2.75) is 18.8 Å².